The van der Waals surface area contributed by atoms with Gasteiger partial charge in [0.15, 0.2) is 11.6 Å². The molecule has 0 spiro atoms. The minimum absolute atomic E-state index is 0.0200. The maximum Gasteiger partial charge on any atom is 0.326 e. The molecule has 1 heterocycles. The second kappa shape index (κ2) is 35.2. The number of carbonyl (C=O) groups excluding carboxylic acids is 7. The number of nitrogens with one attached hydrogen (secondary N) is 5. The van der Waals surface area contributed by atoms with E-state index in [-0.39, 0.29) is 101 Å². The highest BCUT2D eigenvalue weighted by atomic mass is 32.2. The summed E-state index contributed by atoms with van der Waals surface area (Å²) in [6.45, 7) is 7.89. The highest BCUT2D eigenvalue weighted by Crippen LogP contribution is 2.15. The van der Waals surface area contributed by atoms with Crippen LogP contribution in [0.15, 0.2) is 24.3 Å². The summed E-state index contributed by atoms with van der Waals surface area (Å²) in [5.41, 5.74) is 1.85. The zero-order valence-electron chi connectivity index (χ0n) is 39.2. The topological polar surface area (TPSA) is 349 Å². The van der Waals surface area contributed by atoms with Crippen LogP contribution in [-0.2, 0) is 64.3 Å². The third kappa shape index (κ3) is 30.3. The van der Waals surface area contributed by atoms with Crippen LogP contribution in [0.25, 0.3) is 0 Å². The average Bonchev–Trinajstić information content (AvgIpc) is 3.81. The Kier molecular flexibility index (Phi) is 31.0. The van der Waals surface area contributed by atoms with Gasteiger partial charge >= 0.3 is 11.9 Å². The van der Waals surface area contributed by atoms with E-state index in [1.807, 2.05) is 42.8 Å². The summed E-state index contributed by atoms with van der Waals surface area (Å²) in [5, 5.41) is 39.3. The van der Waals surface area contributed by atoms with Gasteiger partial charge in [-0.1, -0.05) is 48.9 Å². The van der Waals surface area contributed by atoms with Crippen molar-refractivity contribution in [3.05, 3.63) is 41.2 Å². The standard InChI is InChI=1S/C26H41N7O11S.C18H27NO4/c1-2-18(34)11-12-20(26(41)42)28-23(37)13-10-17(25(39)40)16-19(35)6-4-14-27-22(36)9-5-15-45(43,44)31-24(38)8-3-7-21-29-32-33-30-21;1-3-11-22-12-13-23-14-18(21)19-10-4-5-17(20)16-8-6-15(2)7-9-16/h17,20H,2-16H2,1H3,(H,27,36)(H,28,37)(H,31,38)(H,39,40)(H,41,42)(H,29,30,32,33);6-9H,3-5,10-14H2,1-2H3,(H,19,21). The molecule has 4 amide bonds. The Morgan fingerprint density at radius 3 is 2.00 bits per heavy atom. The third-order valence-electron chi connectivity index (χ3n) is 9.75. The fourth-order valence-corrected chi connectivity index (χ4v) is 7.01. The Morgan fingerprint density at radius 2 is 1.37 bits per heavy atom. The molecular formula is C44H68N8O15S. The highest BCUT2D eigenvalue weighted by Gasteiger charge is 2.25. The van der Waals surface area contributed by atoms with Gasteiger partial charge < -0.3 is 35.6 Å². The van der Waals surface area contributed by atoms with Crippen LogP contribution in [0.5, 0.6) is 0 Å². The number of hydrogen-bond donors (Lipinski definition) is 7. The molecule has 24 heteroatoms. The number of Topliss-reactive ketones (excluding diaryl/α,β-unsaturated/α-hetero) is 3. The van der Waals surface area contributed by atoms with Crippen LogP contribution in [0.1, 0.15) is 132 Å². The van der Waals surface area contributed by atoms with Crippen molar-refractivity contribution < 1.29 is 71.3 Å². The summed E-state index contributed by atoms with van der Waals surface area (Å²) in [6.07, 6.45) is 1.84. The predicted octanol–water partition coefficient (Wildman–Crippen LogP) is 1.93. The van der Waals surface area contributed by atoms with Crippen LogP contribution in [-0.4, -0.2) is 143 Å². The normalized spacial score (nSPS) is 11.8. The fourth-order valence-electron chi connectivity index (χ4n) is 5.94. The number of tetrazole rings is 1. The molecule has 2 unspecified atom stereocenters. The van der Waals surface area contributed by atoms with Gasteiger partial charge in [-0.05, 0) is 51.9 Å². The van der Waals surface area contributed by atoms with Gasteiger partial charge in [0.2, 0.25) is 33.7 Å². The summed E-state index contributed by atoms with van der Waals surface area (Å²) in [7, 11) is -3.93. The fraction of sp³-hybridized carbons (Fsp3) is 0.636. The van der Waals surface area contributed by atoms with E-state index in [2.05, 4.69) is 36.6 Å². The molecule has 1 aromatic carbocycles. The second-order valence-electron chi connectivity index (χ2n) is 15.7. The van der Waals surface area contributed by atoms with Crippen LogP contribution in [0.2, 0.25) is 0 Å². The SMILES string of the molecule is CCC(=O)CCC(NC(=O)CCC(CC(=O)CCCNC(=O)CCCS(=O)(=O)NC(=O)CCCc1nn[nH]n1)C(=O)O)C(=O)O.CCCOCCOCC(=O)NCCCC(=O)c1ccc(C)cc1. The Balaban J connectivity index is 0.000000839. The maximum absolute atomic E-state index is 12.3. The average molecular weight is 981 g/mol. The second-order valence-corrected chi connectivity index (χ2v) is 17.5. The molecule has 0 aliphatic rings. The Bertz CT molecular complexity index is 2000. The molecule has 380 valence electrons. The van der Waals surface area contributed by atoms with E-state index < -0.39 is 63.2 Å². The summed E-state index contributed by atoms with van der Waals surface area (Å²) in [5.74, 6) is -6.30. The molecule has 2 aromatic rings. The Morgan fingerprint density at radius 1 is 0.706 bits per heavy atom. The quantitative estimate of drug-likeness (QED) is 0.0376. The minimum atomic E-state index is -3.93. The molecule has 0 aliphatic carbocycles. The first-order chi connectivity index (χ1) is 32.3. The van der Waals surface area contributed by atoms with Gasteiger partial charge in [-0.3, -0.25) is 43.1 Å². The number of amides is 4. The van der Waals surface area contributed by atoms with Crippen LogP contribution < -0.4 is 20.7 Å². The minimum Gasteiger partial charge on any atom is -0.481 e. The molecular weight excluding hydrogens is 913 g/mol. The van der Waals surface area contributed by atoms with Gasteiger partial charge in [0.25, 0.3) is 0 Å². The van der Waals surface area contributed by atoms with Gasteiger partial charge in [-0.25, -0.2) is 13.2 Å². The van der Waals surface area contributed by atoms with Crippen molar-refractivity contribution in [2.75, 3.05) is 45.3 Å². The van der Waals surface area contributed by atoms with E-state index in [9.17, 15) is 61.8 Å². The maximum atomic E-state index is 12.3. The Hall–Kier alpha value is -6.01. The number of H-pyrrole nitrogens is 1. The lowest BCUT2D eigenvalue weighted by atomic mass is 9.95. The lowest BCUT2D eigenvalue weighted by Crippen LogP contribution is -2.41. The first-order valence-electron chi connectivity index (χ1n) is 22.7. The molecule has 0 bridgehead atoms. The number of aromatic amines is 1. The molecule has 23 nitrogen and oxygen atoms in total. The van der Waals surface area contributed by atoms with Crippen LogP contribution >= 0.6 is 0 Å². The molecule has 0 radical (unpaired) electrons. The number of ether oxygens (including phenoxy) is 2. The number of aryl methyl sites for hydroxylation is 2. The summed E-state index contributed by atoms with van der Waals surface area (Å²) in [6, 6.07) is 6.24. The van der Waals surface area contributed by atoms with Crippen molar-refractivity contribution in [1.82, 2.24) is 41.3 Å². The number of sulfonamides is 1. The van der Waals surface area contributed by atoms with Gasteiger partial charge in [-0.2, -0.15) is 5.21 Å². The number of aromatic nitrogens is 4. The van der Waals surface area contributed by atoms with Crippen LogP contribution in [0.3, 0.4) is 0 Å². The number of carbonyl (C=O) groups is 9. The van der Waals surface area contributed by atoms with Crippen molar-refractivity contribution in [2.24, 2.45) is 5.92 Å². The number of rotatable bonds is 37. The Labute approximate surface area is 396 Å². The zero-order chi connectivity index (χ0) is 50.7. The molecule has 0 fully saturated rings. The number of nitrogens with zero attached hydrogens (tertiary/aromatic N) is 3. The lowest BCUT2D eigenvalue weighted by molar-refractivity contribution is -0.145. The molecule has 68 heavy (non-hydrogen) atoms. The van der Waals surface area contributed by atoms with E-state index in [1.165, 1.54) is 0 Å². The van der Waals surface area contributed by atoms with Crippen molar-refractivity contribution in [2.45, 2.75) is 130 Å². The smallest absolute Gasteiger partial charge is 0.326 e. The number of hydrogen-bond acceptors (Lipinski definition) is 16. The van der Waals surface area contributed by atoms with Gasteiger partial charge in [-0.15, -0.1) is 10.2 Å². The van der Waals surface area contributed by atoms with E-state index >= 15 is 0 Å². The largest absolute Gasteiger partial charge is 0.481 e. The van der Waals surface area contributed by atoms with Crippen LogP contribution in [0, 0.1) is 12.8 Å². The third-order valence-corrected chi connectivity index (χ3v) is 11.1. The summed E-state index contributed by atoms with van der Waals surface area (Å²) in [4.78, 5) is 106. The van der Waals surface area contributed by atoms with E-state index in [1.54, 1.807) is 6.92 Å². The summed E-state index contributed by atoms with van der Waals surface area (Å²) < 4.78 is 36.5. The molecule has 1 aromatic heterocycles. The summed E-state index contributed by atoms with van der Waals surface area (Å²) >= 11 is 0. The van der Waals surface area contributed by atoms with Gasteiger partial charge in [0.1, 0.15) is 24.2 Å². The predicted molar refractivity (Wildman–Crippen MR) is 244 cm³/mol. The number of carboxylic acid groups (broad SMARTS) is 2. The first kappa shape index (κ1) is 60.0. The van der Waals surface area contributed by atoms with E-state index in [0.29, 0.717) is 57.9 Å². The van der Waals surface area contributed by atoms with E-state index in [0.717, 1.165) is 17.5 Å². The van der Waals surface area contributed by atoms with Crippen molar-refractivity contribution in [1.29, 1.82) is 0 Å². The lowest BCUT2D eigenvalue weighted by Gasteiger charge is -2.15. The van der Waals surface area contributed by atoms with Crippen molar-refractivity contribution >= 4 is 62.9 Å². The van der Waals surface area contributed by atoms with Gasteiger partial charge in [0, 0.05) is 83.0 Å². The van der Waals surface area contributed by atoms with Gasteiger partial charge in [0.05, 0.1) is 24.9 Å². The van der Waals surface area contributed by atoms with Crippen LogP contribution in [0.4, 0.5) is 0 Å². The molecule has 7 N–H and O–H groups in total. The first-order valence-corrected chi connectivity index (χ1v) is 24.3. The number of carboxylic acids is 2. The zero-order valence-corrected chi connectivity index (χ0v) is 40.0. The highest BCUT2D eigenvalue weighted by molar-refractivity contribution is 7.90. The monoisotopic (exact) mass is 980 g/mol. The molecule has 0 saturated carbocycles. The van der Waals surface area contributed by atoms with Crippen molar-refractivity contribution in [3.63, 3.8) is 0 Å². The molecule has 2 rings (SSSR count). The molecule has 0 saturated heterocycles. The van der Waals surface area contributed by atoms with Crippen molar-refractivity contribution in [3.8, 4) is 0 Å². The van der Waals surface area contributed by atoms with E-state index in [4.69, 9.17) is 9.47 Å². The number of benzene rings is 1. The number of aliphatic carboxylic acids is 2. The number of ketones is 3. The molecule has 2 atom stereocenters. The molecule has 0 aliphatic heterocycles.